The molecule has 0 aliphatic carbocycles. The molecule has 0 aromatic carbocycles. The summed E-state index contributed by atoms with van der Waals surface area (Å²) in [5.41, 5.74) is 0. The summed E-state index contributed by atoms with van der Waals surface area (Å²) in [6, 6.07) is 0. The number of allylic oxidation sites excluding steroid dienone is 14. The number of esters is 3. The highest BCUT2D eigenvalue weighted by Gasteiger charge is 2.19. The fourth-order valence-electron chi connectivity index (χ4n) is 7.10. The molecule has 0 spiro atoms. The molecule has 0 bridgehead atoms. The molecule has 0 N–H and O–H groups in total. The molecule has 0 radical (unpaired) electrons. The van der Waals surface area contributed by atoms with E-state index in [1.165, 1.54) is 89.9 Å². The van der Waals surface area contributed by atoms with Crippen molar-refractivity contribution >= 4 is 17.9 Å². The molecule has 0 aliphatic rings. The SMILES string of the molecule is CC\C=C/C=C\C=C/CCCCCCCC(=O)OCC(COC(=O)CCCCCCC\C=C/C=C\C=C/C=C\CCCCC)OC(=O)CCCCCCCCCCCCCCCC. The Bertz CT molecular complexity index is 1240. The molecule has 0 amide bonds. The van der Waals surface area contributed by atoms with Gasteiger partial charge in [0.2, 0.25) is 0 Å². The van der Waals surface area contributed by atoms with Crippen molar-refractivity contribution in [1.82, 2.24) is 0 Å². The summed E-state index contributed by atoms with van der Waals surface area (Å²) in [6.07, 6.45) is 65.6. The molecule has 6 nitrogen and oxygen atoms in total. The van der Waals surface area contributed by atoms with Gasteiger partial charge in [-0.3, -0.25) is 14.4 Å². The molecule has 63 heavy (non-hydrogen) atoms. The molecule has 6 heteroatoms. The minimum absolute atomic E-state index is 0.0942. The van der Waals surface area contributed by atoms with Gasteiger partial charge in [0.1, 0.15) is 13.2 Å². The lowest BCUT2D eigenvalue weighted by atomic mass is 10.0. The van der Waals surface area contributed by atoms with E-state index < -0.39 is 6.10 Å². The Morgan fingerprint density at radius 3 is 1.00 bits per heavy atom. The van der Waals surface area contributed by atoms with Gasteiger partial charge in [-0.2, -0.15) is 0 Å². The summed E-state index contributed by atoms with van der Waals surface area (Å²) in [5.74, 6) is -0.934. The zero-order chi connectivity index (χ0) is 45.8. The minimum Gasteiger partial charge on any atom is -0.462 e. The average Bonchev–Trinajstić information content (AvgIpc) is 3.28. The smallest absolute Gasteiger partial charge is 0.306 e. The van der Waals surface area contributed by atoms with E-state index in [0.717, 1.165) is 109 Å². The molecule has 0 aliphatic heterocycles. The van der Waals surface area contributed by atoms with Crippen LogP contribution in [0.25, 0.3) is 0 Å². The maximum atomic E-state index is 12.8. The molecule has 0 saturated heterocycles. The molecule has 0 heterocycles. The Morgan fingerprint density at radius 2 is 0.619 bits per heavy atom. The van der Waals surface area contributed by atoms with Crippen LogP contribution in [0.2, 0.25) is 0 Å². The van der Waals surface area contributed by atoms with Crippen molar-refractivity contribution in [2.75, 3.05) is 13.2 Å². The highest BCUT2D eigenvalue weighted by atomic mass is 16.6. The van der Waals surface area contributed by atoms with Crippen molar-refractivity contribution in [3.63, 3.8) is 0 Å². The predicted molar refractivity (Wildman–Crippen MR) is 270 cm³/mol. The van der Waals surface area contributed by atoms with Gasteiger partial charge in [-0.05, 0) is 64.2 Å². The fraction of sp³-hybridized carbons (Fsp3) is 0.702. The lowest BCUT2D eigenvalue weighted by molar-refractivity contribution is -0.167. The quantitative estimate of drug-likeness (QED) is 0.0262. The predicted octanol–water partition coefficient (Wildman–Crippen LogP) is 17.2. The Morgan fingerprint density at radius 1 is 0.333 bits per heavy atom. The lowest BCUT2D eigenvalue weighted by Crippen LogP contribution is -2.30. The number of carbonyl (C=O) groups is 3. The normalized spacial score (nSPS) is 12.7. The van der Waals surface area contributed by atoms with E-state index >= 15 is 0 Å². The molecule has 360 valence electrons. The second kappa shape index (κ2) is 51.2. The van der Waals surface area contributed by atoms with E-state index in [1.807, 2.05) is 0 Å². The summed E-state index contributed by atoms with van der Waals surface area (Å²) in [5, 5.41) is 0. The van der Waals surface area contributed by atoms with Crippen LogP contribution < -0.4 is 0 Å². The monoisotopic (exact) mass is 877 g/mol. The number of hydrogen-bond acceptors (Lipinski definition) is 6. The van der Waals surface area contributed by atoms with Gasteiger partial charge in [0, 0.05) is 19.3 Å². The summed E-state index contributed by atoms with van der Waals surface area (Å²) in [6.45, 7) is 6.43. The van der Waals surface area contributed by atoms with Gasteiger partial charge in [-0.1, -0.05) is 241 Å². The van der Waals surface area contributed by atoms with E-state index in [4.69, 9.17) is 14.2 Å². The average molecular weight is 877 g/mol. The van der Waals surface area contributed by atoms with Crippen molar-refractivity contribution in [3.8, 4) is 0 Å². The van der Waals surface area contributed by atoms with Crippen LogP contribution in [0.15, 0.2) is 85.1 Å². The summed E-state index contributed by atoms with van der Waals surface area (Å²) < 4.78 is 16.8. The Labute approximate surface area is 388 Å². The molecule has 0 saturated carbocycles. The molecule has 0 aromatic rings. The molecule has 0 aromatic heterocycles. The largest absolute Gasteiger partial charge is 0.462 e. The first-order valence-electron chi connectivity index (χ1n) is 26.2. The third-order valence-corrected chi connectivity index (χ3v) is 11.0. The maximum Gasteiger partial charge on any atom is 0.306 e. The summed E-state index contributed by atoms with van der Waals surface area (Å²) in [4.78, 5) is 38.0. The van der Waals surface area contributed by atoms with Crippen LogP contribution >= 0.6 is 0 Å². The molecule has 0 fully saturated rings. The summed E-state index contributed by atoms with van der Waals surface area (Å²) >= 11 is 0. The van der Waals surface area contributed by atoms with Crippen molar-refractivity contribution in [1.29, 1.82) is 0 Å². The Balaban J connectivity index is 4.45. The molecule has 1 unspecified atom stereocenters. The van der Waals surface area contributed by atoms with Crippen LogP contribution in [-0.2, 0) is 28.6 Å². The first-order valence-corrected chi connectivity index (χ1v) is 26.2. The third-order valence-electron chi connectivity index (χ3n) is 11.0. The van der Waals surface area contributed by atoms with E-state index in [2.05, 4.69) is 106 Å². The lowest BCUT2D eigenvalue weighted by Gasteiger charge is -2.18. The van der Waals surface area contributed by atoms with E-state index in [9.17, 15) is 14.4 Å². The molecular formula is C57H96O6. The van der Waals surface area contributed by atoms with Gasteiger partial charge < -0.3 is 14.2 Å². The molecule has 0 rings (SSSR count). The second-order valence-corrected chi connectivity index (χ2v) is 17.2. The van der Waals surface area contributed by atoms with Crippen LogP contribution in [0.4, 0.5) is 0 Å². The number of carbonyl (C=O) groups excluding carboxylic acids is 3. The number of ether oxygens (including phenoxy) is 3. The zero-order valence-electron chi connectivity index (χ0n) is 41.1. The zero-order valence-corrected chi connectivity index (χ0v) is 41.1. The van der Waals surface area contributed by atoms with Crippen molar-refractivity contribution in [3.05, 3.63) is 85.1 Å². The fourth-order valence-corrected chi connectivity index (χ4v) is 7.10. The first kappa shape index (κ1) is 59.6. The van der Waals surface area contributed by atoms with Crippen LogP contribution in [0.5, 0.6) is 0 Å². The number of rotatable bonds is 46. The maximum absolute atomic E-state index is 12.8. The third kappa shape index (κ3) is 49.5. The number of unbranched alkanes of at least 4 members (excludes halogenated alkanes) is 26. The standard InChI is InChI=1S/C57H96O6/c1-4-7-10-13-16-19-22-25-27-28-29-30-33-35-38-41-44-47-50-56(59)62-53-54(52-61-55(58)49-46-43-40-37-34-31-24-21-18-15-12-9-6-3)63-57(60)51-48-45-42-39-36-32-26-23-20-17-14-11-8-5-2/h9,12,15-16,18-19,21-22,24-25,27-30,54H,4-8,10-11,13-14,17,20,23,26,31-53H2,1-3H3/b12-9-,18-15-,19-16-,24-21-,25-22-,28-27-,30-29-. The van der Waals surface area contributed by atoms with Gasteiger partial charge >= 0.3 is 17.9 Å². The van der Waals surface area contributed by atoms with E-state index in [0.29, 0.717) is 19.3 Å². The minimum atomic E-state index is -0.793. The van der Waals surface area contributed by atoms with Gasteiger partial charge in [0.05, 0.1) is 0 Å². The number of hydrogen-bond donors (Lipinski definition) is 0. The second-order valence-electron chi connectivity index (χ2n) is 17.2. The highest BCUT2D eigenvalue weighted by Crippen LogP contribution is 2.15. The Kier molecular flexibility index (Phi) is 48.5. The molecule has 1 atom stereocenters. The summed E-state index contributed by atoms with van der Waals surface area (Å²) in [7, 11) is 0. The Hall–Kier alpha value is -3.41. The van der Waals surface area contributed by atoms with Gasteiger partial charge in [0.15, 0.2) is 6.10 Å². The van der Waals surface area contributed by atoms with E-state index in [-0.39, 0.29) is 31.1 Å². The van der Waals surface area contributed by atoms with Crippen LogP contribution in [0.1, 0.15) is 239 Å². The van der Waals surface area contributed by atoms with Gasteiger partial charge in [0.25, 0.3) is 0 Å². The van der Waals surface area contributed by atoms with Crippen molar-refractivity contribution in [2.24, 2.45) is 0 Å². The van der Waals surface area contributed by atoms with Crippen molar-refractivity contribution in [2.45, 2.75) is 245 Å². The highest BCUT2D eigenvalue weighted by molar-refractivity contribution is 5.71. The van der Waals surface area contributed by atoms with Crippen molar-refractivity contribution < 1.29 is 28.6 Å². The first-order chi connectivity index (χ1) is 31.0. The molecular weight excluding hydrogens is 781 g/mol. The van der Waals surface area contributed by atoms with Crippen LogP contribution in [0.3, 0.4) is 0 Å². The van der Waals surface area contributed by atoms with Crippen LogP contribution in [0, 0.1) is 0 Å². The van der Waals surface area contributed by atoms with E-state index in [1.54, 1.807) is 0 Å². The topological polar surface area (TPSA) is 78.9 Å². The van der Waals surface area contributed by atoms with Crippen LogP contribution in [-0.4, -0.2) is 37.2 Å². The van der Waals surface area contributed by atoms with Gasteiger partial charge in [-0.25, -0.2) is 0 Å². The van der Waals surface area contributed by atoms with Gasteiger partial charge in [-0.15, -0.1) is 0 Å².